The van der Waals surface area contributed by atoms with Gasteiger partial charge in [-0.15, -0.1) is 0 Å². The van der Waals surface area contributed by atoms with Crippen molar-refractivity contribution in [2.75, 3.05) is 6.54 Å². The Bertz CT molecular complexity index is 337. The second-order valence-corrected chi connectivity index (χ2v) is 4.61. The molecule has 1 aromatic rings. The molecule has 0 fully saturated rings. The van der Waals surface area contributed by atoms with Crippen molar-refractivity contribution in [3.63, 3.8) is 0 Å². The highest BCUT2D eigenvalue weighted by atomic mass is 19.1. The van der Waals surface area contributed by atoms with Gasteiger partial charge in [-0.1, -0.05) is 26.8 Å². The molecule has 0 aliphatic heterocycles. The Morgan fingerprint density at radius 2 is 1.88 bits per heavy atom. The van der Waals surface area contributed by atoms with E-state index in [9.17, 15) is 8.78 Å². The molecule has 3 heteroatoms. The fourth-order valence-electron chi connectivity index (χ4n) is 1.57. The molecule has 1 nitrogen and oxygen atoms in total. The summed E-state index contributed by atoms with van der Waals surface area (Å²) in [5.41, 5.74) is 0.583. The van der Waals surface area contributed by atoms with Gasteiger partial charge in [0, 0.05) is 12.1 Å². The lowest BCUT2D eigenvalue weighted by Crippen LogP contribution is -2.28. The van der Waals surface area contributed by atoms with Crippen LogP contribution in [0.1, 0.15) is 26.3 Å². The van der Waals surface area contributed by atoms with Gasteiger partial charge in [0.05, 0.1) is 0 Å². The van der Waals surface area contributed by atoms with E-state index in [0.29, 0.717) is 23.9 Å². The molecule has 16 heavy (non-hydrogen) atoms. The van der Waals surface area contributed by atoms with Crippen LogP contribution in [0.2, 0.25) is 0 Å². The van der Waals surface area contributed by atoms with E-state index in [4.69, 9.17) is 0 Å². The molecule has 0 aromatic heterocycles. The topological polar surface area (TPSA) is 12.0 Å². The van der Waals surface area contributed by atoms with Gasteiger partial charge >= 0.3 is 0 Å². The highest BCUT2D eigenvalue weighted by molar-refractivity contribution is 5.19. The number of halogens is 2. The molecule has 1 aromatic carbocycles. The molecule has 0 saturated heterocycles. The fraction of sp³-hybridized carbons (Fsp3) is 0.538. The summed E-state index contributed by atoms with van der Waals surface area (Å²) in [5.74, 6) is -0.632. The van der Waals surface area contributed by atoms with Crippen molar-refractivity contribution in [1.29, 1.82) is 0 Å². The minimum atomic E-state index is -0.519. The molecule has 1 rings (SSSR count). The highest BCUT2D eigenvalue weighted by Crippen LogP contribution is 2.14. The van der Waals surface area contributed by atoms with Gasteiger partial charge in [-0.05, 0) is 30.5 Å². The van der Waals surface area contributed by atoms with Crippen LogP contribution in [-0.2, 0) is 6.42 Å². The maximum Gasteiger partial charge on any atom is 0.129 e. The largest absolute Gasteiger partial charge is 0.314 e. The SMILES string of the molecule is CC(CNC(C)C)Cc1ccc(F)cc1F. The normalized spacial score (nSPS) is 13.1. The fourth-order valence-corrected chi connectivity index (χ4v) is 1.57. The molecule has 0 radical (unpaired) electrons. The van der Waals surface area contributed by atoms with E-state index in [1.54, 1.807) is 0 Å². The number of benzene rings is 1. The third-order valence-corrected chi connectivity index (χ3v) is 2.46. The van der Waals surface area contributed by atoms with Gasteiger partial charge in [-0.25, -0.2) is 8.78 Å². The lowest BCUT2D eigenvalue weighted by atomic mass is 10.0. The highest BCUT2D eigenvalue weighted by Gasteiger charge is 2.09. The van der Waals surface area contributed by atoms with Gasteiger partial charge in [0.2, 0.25) is 0 Å². The van der Waals surface area contributed by atoms with Crippen molar-refractivity contribution in [2.45, 2.75) is 33.2 Å². The summed E-state index contributed by atoms with van der Waals surface area (Å²) in [7, 11) is 0. The molecule has 1 unspecified atom stereocenters. The maximum absolute atomic E-state index is 13.3. The zero-order valence-corrected chi connectivity index (χ0v) is 10.1. The van der Waals surface area contributed by atoms with E-state index in [1.165, 1.54) is 12.1 Å². The maximum atomic E-state index is 13.3. The molecule has 0 amide bonds. The minimum absolute atomic E-state index is 0.336. The number of rotatable bonds is 5. The Balaban J connectivity index is 2.52. The number of hydrogen-bond donors (Lipinski definition) is 1. The van der Waals surface area contributed by atoms with Crippen molar-refractivity contribution in [3.05, 3.63) is 35.4 Å². The number of hydrogen-bond acceptors (Lipinski definition) is 1. The molecule has 0 spiro atoms. The van der Waals surface area contributed by atoms with Gasteiger partial charge in [0.15, 0.2) is 0 Å². The summed E-state index contributed by atoms with van der Waals surface area (Å²) in [6.45, 7) is 7.04. The first kappa shape index (κ1) is 13.1. The molecule has 1 atom stereocenters. The van der Waals surface area contributed by atoms with E-state index in [-0.39, 0.29) is 0 Å². The Morgan fingerprint density at radius 3 is 2.44 bits per heavy atom. The van der Waals surface area contributed by atoms with Crippen LogP contribution in [0.4, 0.5) is 8.78 Å². The molecule has 0 aliphatic carbocycles. The summed E-state index contributed by atoms with van der Waals surface area (Å²) in [4.78, 5) is 0. The van der Waals surface area contributed by atoms with E-state index in [1.807, 2.05) is 0 Å². The summed E-state index contributed by atoms with van der Waals surface area (Å²) in [6.07, 6.45) is 0.631. The molecule has 90 valence electrons. The Morgan fingerprint density at radius 1 is 1.19 bits per heavy atom. The zero-order chi connectivity index (χ0) is 12.1. The van der Waals surface area contributed by atoms with Crippen molar-refractivity contribution in [3.8, 4) is 0 Å². The van der Waals surface area contributed by atoms with Gasteiger partial charge < -0.3 is 5.32 Å². The van der Waals surface area contributed by atoms with E-state index >= 15 is 0 Å². The lowest BCUT2D eigenvalue weighted by molar-refractivity contribution is 0.466. The van der Waals surface area contributed by atoms with Crippen molar-refractivity contribution in [2.24, 2.45) is 5.92 Å². The summed E-state index contributed by atoms with van der Waals surface area (Å²) >= 11 is 0. The first-order valence-electron chi connectivity index (χ1n) is 5.66. The van der Waals surface area contributed by atoms with Gasteiger partial charge in [0.1, 0.15) is 11.6 Å². The van der Waals surface area contributed by atoms with Crippen LogP contribution < -0.4 is 5.32 Å². The zero-order valence-electron chi connectivity index (χ0n) is 10.1. The molecule has 0 saturated carbocycles. The van der Waals surface area contributed by atoms with Crippen molar-refractivity contribution in [1.82, 2.24) is 5.32 Å². The molecule has 1 N–H and O–H groups in total. The van der Waals surface area contributed by atoms with Crippen LogP contribution in [0.3, 0.4) is 0 Å². The van der Waals surface area contributed by atoms with Gasteiger partial charge in [0.25, 0.3) is 0 Å². The van der Waals surface area contributed by atoms with E-state index in [0.717, 1.165) is 12.6 Å². The quantitative estimate of drug-likeness (QED) is 0.814. The lowest BCUT2D eigenvalue weighted by Gasteiger charge is -2.15. The van der Waals surface area contributed by atoms with Crippen molar-refractivity contribution >= 4 is 0 Å². The van der Waals surface area contributed by atoms with Crippen LogP contribution in [-0.4, -0.2) is 12.6 Å². The predicted molar refractivity (Wildman–Crippen MR) is 62.4 cm³/mol. The summed E-state index contributed by atoms with van der Waals surface area (Å²) < 4.78 is 26.0. The molecule has 0 heterocycles. The Labute approximate surface area is 95.9 Å². The van der Waals surface area contributed by atoms with Crippen LogP contribution in [0.25, 0.3) is 0 Å². The van der Waals surface area contributed by atoms with Crippen LogP contribution in [0.5, 0.6) is 0 Å². The van der Waals surface area contributed by atoms with E-state index in [2.05, 4.69) is 26.1 Å². The number of nitrogens with one attached hydrogen (secondary N) is 1. The van der Waals surface area contributed by atoms with Crippen LogP contribution in [0, 0.1) is 17.6 Å². The third kappa shape index (κ3) is 4.27. The second-order valence-electron chi connectivity index (χ2n) is 4.61. The average molecular weight is 227 g/mol. The third-order valence-electron chi connectivity index (χ3n) is 2.46. The summed E-state index contributed by atoms with van der Waals surface area (Å²) in [6, 6.07) is 4.20. The standard InChI is InChI=1S/C13H19F2N/c1-9(2)16-8-10(3)6-11-4-5-12(14)7-13(11)15/h4-5,7,9-10,16H,6,8H2,1-3H3. The first-order valence-corrected chi connectivity index (χ1v) is 5.66. The van der Waals surface area contributed by atoms with E-state index < -0.39 is 11.6 Å². The monoisotopic (exact) mass is 227 g/mol. The second kappa shape index (κ2) is 5.94. The Hall–Kier alpha value is -0.960. The molecule has 0 bridgehead atoms. The Kier molecular flexibility index (Phi) is 4.87. The van der Waals surface area contributed by atoms with Gasteiger partial charge in [-0.3, -0.25) is 0 Å². The molecular formula is C13H19F2N. The molecular weight excluding hydrogens is 208 g/mol. The van der Waals surface area contributed by atoms with Gasteiger partial charge in [-0.2, -0.15) is 0 Å². The first-order chi connectivity index (χ1) is 7.49. The van der Waals surface area contributed by atoms with Crippen LogP contribution >= 0.6 is 0 Å². The van der Waals surface area contributed by atoms with Crippen molar-refractivity contribution < 1.29 is 8.78 Å². The molecule has 0 aliphatic rings. The van der Waals surface area contributed by atoms with Crippen LogP contribution in [0.15, 0.2) is 18.2 Å². The average Bonchev–Trinajstić information content (AvgIpc) is 2.19. The minimum Gasteiger partial charge on any atom is -0.314 e. The predicted octanol–water partition coefficient (Wildman–Crippen LogP) is 3.14. The summed E-state index contributed by atoms with van der Waals surface area (Å²) in [5, 5.41) is 3.30. The smallest absolute Gasteiger partial charge is 0.129 e.